The number of hydrogen-bond acceptors (Lipinski definition) is 3. The van der Waals surface area contributed by atoms with E-state index in [1.54, 1.807) is 23.1 Å². The van der Waals surface area contributed by atoms with Gasteiger partial charge in [-0.15, -0.1) is 0 Å². The van der Waals surface area contributed by atoms with Gasteiger partial charge in [0.25, 0.3) is 0 Å². The SMILES string of the molecule is Cc1cc(C)n(-c2cnccc2C=O)n1. The van der Waals surface area contributed by atoms with Gasteiger partial charge in [0.1, 0.15) is 0 Å². The molecular weight excluding hydrogens is 190 g/mol. The molecule has 2 aromatic heterocycles. The summed E-state index contributed by atoms with van der Waals surface area (Å²) in [5.41, 5.74) is 3.23. The van der Waals surface area contributed by atoms with Crippen molar-refractivity contribution in [3.05, 3.63) is 41.5 Å². The van der Waals surface area contributed by atoms with Crippen LogP contribution in [0.15, 0.2) is 24.5 Å². The molecule has 0 aromatic carbocycles. The van der Waals surface area contributed by atoms with Crippen molar-refractivity contribution in [3.63, 3.8) is 0 Å². The van der Waals surface area contributed by atoms with Crippen molar-refractivity contribution in [2.75, 3.05) is 0 Å². The molecule has 15 heavy (non-hydrogen) atoms. The van der Waals surface area contributed by atoms with E-state index in [4.69, 9.17) is 0 Å². The molecular formula is C11H11N3O. The molecule has 0 saturated heterocycles. The van der Waals surface area contributed by atoms with Gasteiger partial charge in [-0.3, -0.25) is 9.78 Å². The van der Waals surface area contributed by atoms with E-state index in [-0.39, 0.29) is 0 Å². The van der Waals surface area contributed by atoms with Crippen LogP contribution in [-0.2, 0) is 0 Å². The highest BCUT2D eigenvalue weighted by atomic mass is 16.1. The Morgan fingerprint density at radius 3 is 2.80 bits per heavy atom. The molecule has 0 aliphatic rings. The minimum absolute atomic E-state index is 0.594. The lowest BCUT2D eigenvalue weighted by Crippen LogP contribution is -2.03. The minimum Gasteiger partial charge on any atom is -0.298 e. The lowest BCUT2D eigenvalue weighted by atomic mass is 10.2. The third-order valence-electron chi connectivity index (χ3n) is 2.20. The highest BCUT2D eigenvalue weighted by Gasteiger charge is 2.07. The van der Waals surface area contributed by atoms with Gasteiger partial charge < -0.3 is 0 Å². The van der Waals surface area contributed by atoms with E-state index in [0.717, 1.165) is 23.4 Å². The number of aldehydes is 1. The topological polar surface area (TPSA) is 47.8 Å². The Morgan fingerprint density at radius 2 is 2.20 bits per heavy atom. The molecule has 0 spiro atoms. The Kier molecular flexibility index (Phi) is 2.33. The highest BCUT2D eigenvalue weighted by molar-refractivity contribution is 5.80. The molecule has 76 valence electrons. The molecule has 2 rings (SSSR count). The first kappa shape index (κ1) is 9.58. The Balaban J connectivity index is 2.63. The van der Waals surface area contributed by atoms with Crippen LogP contribution in [0.1, 0.15) is 21.7 Å². The fourth-order valence-electron chi connectivity index (χ4n) is 1.55. The first-order valence-corrected chi connectivity index (χ1v) is 4.65. The van der Waals surface area contributed by atoms with Gasteiger partial charge in [0.05, 0.1) is 17.6 Å². The van der Waals surface area contributed by atoms with Crippen LogP contribution in [0.5, 0.6) is 0 Å². The number of pyridine rings is 1. The van der Waals surface area contributed by atoms with Crippen LogP contribution in [0.3, 0.4) is 0 Å². The van der Waals surface area contributed by atoms with Gasteiger partial charge >= 0.3 is 0 Å². The molecule has 0 aliphatic carbocycles. The predicted molar refractivity (Wildman–Crippen MR) is 56.2 cm³/mol. The number of hydrogen-bond donors (Lipinski definition) is 0. The van der Waals surface area contributed by atoms with E-state index in [0.29, 0.717) is 5.56 Å². The Hall–Kier alpha value is -1.97. The lowest BCUT2D eigenvalue weighted by Gasteiger charge is -2.05. The number of aryl methyl sites for hydroxylation is 2. The van der Waals surface area contributed by atoms with Crippen molar-refractivity contribution in [2.24, 2.45) is 0 Å². The van der Waals surface area contributed by atoms with Crippen LogP contribution in [-0.4, -0.2) is 21.1 Å². The van der Waals surface area contributed by atoms with Crippen LogP contribution in [0.2, 0.25) is 0 Å². The van der Waals surface area contributed by atoms with Crippen molar-refractivity contribution in [3.8, 4) is 5.69 Å². The first-order chi connectivity index (χ1) is 7.22. The number of rotatable bonds is 2. The molecule has 0 N–H and O–H groups in total. The van der Waals surface area contributed by atoms with Crippen LogP contribution in [0.25, 0.3) is 5.69 Å². The summed E-state index contributed by atoms with van der Waals surface area (Å²) in [5.74, 6) is 0. The van der Waals surface area contributed by atoms with E-state index in [1.807, 2.05) is 19.9 Å². The van der Waals surface area contributed by atoms with E-state index in [9.17, 15) is 4.79 Å². The van der Waals surface area contributed by atoms with Gasteiger partial charge in [-0.1, -0.05) is 0 Å². The minimum atomic E-state index is 0.594. The second-order valence-electron chi connectivity index (χ2n) is 3.39. The van der Waals surface area contributed by atoms with Gasteiger partial charge in [-0.05, 0) is 26.0 Å². The van der Waals surface area contributed by atoms with Crippen LogP contribution < -0.4 is 0 Å². The van der Waals surface area contributed by atoms with Gasteiger partial charge in [-0.25, -0.2) is 4.68 Å². The van der Waals surface area contributed by atoms with E-state index >= 15 is 0 Å². The summed E-state index contributed by atoms with van der Waals surface area (Å²) >= 11 is 0. The number of nitrogens with zero attached hydrogens (tertiary/aromatic N) is 3. The fraction of sp³-hybridized carbons (Fsp3) is 0.182. The second kappa shape index (κ2) is 3.65. The Morgan fingerprint density at radius 1 is 1.40 bits per heavy atom. The van der Waals surface area contributed by atoms with E-state index < -0.39 is 0 Å². The zero-order valence-electron chi connectivity index (χ0n) is 8.64. The second-order valence-corrected chi connectivity index (χ2v) is 3.39. The van der Waals surface area contributed by atoms with E-state index in [1.165, 1.54) is 0 Å². The molecule has 4 heteroatoms. The maximum absolute atomic E-state index is 10.8. The average Bonchev–Trinajstić information content (AvgIpc) is 2.57. The number of carbonyl (C=O) groups excluding carboxylic acids is 1. The summed E-state index contributed by atoms with van der Waals surface area (Å²) < 4.78 is 1.73. The van der Waals surface area contributed by atoms with Crippen molar-refractivity contribution >= 4 is 6.29 Å². The Bertz CT molecular complexity index is 502. The quantitative estimate of drug-likeness (QED) is 0.695. The van der Waals surface area contributed by atoms with Crippen molar-refractivity contribution in [1.82, 2.24) is 14.8 Å². The zero-order chi connectivity index (χ0) is 10.8. The largest absolute Gasteiger partial charge is 0.298 e. The van der Waals surface area contributed by atoms with Crippen molar-refractivity contribution < 1.29 is 4.79 Å². The molecule has 0 saturated carbocycles. The molecule has 0 bridgehead atoms. The molecule has 0 aliphatic heterocycles. The zero-order valence-corrected chi connectivity index (χ0v) is 8.64. The summed E-state index contributed by atoms with van der Waals surface area (Å²) in [7, 11) is 0. The lowest BCUT2D eigenvalue weighted by molar-refractivity contribution is 0.112. The molecule has 0 amide bonds. The van der Waals surface area contributed by atoms with Crippen LogP contribution in [0.4, 0.5) is 0 Å². The summed E-state index contributed by atoms with van der Waals surface area (Å²) in [6.07, 6.45) is 4.05. The molecule has 4 nitrogen and oxygen atoms in total. The molecule has 2 heterocycles. The summed E-state index contributed by atoms with van der Waals surface area (Å²) in [6, 6.07) is 3.64. The third-order valence-corrected chi connectivity index (χ3v) is 2.20. The Labute approximate surface area is 87.6 Å². The predicted octanol–water partition coefficient (Wildman–Crippen LogP) is 1.70. The molecule has 0 fully saturated rings. The van der Waals surface area contributed by atoms with Gasteiger partial charge in [-0.2, -0.15) is 5.10 Å². The van der Waals surface area contributed by atoms with Gasteiger partial charge in [0, 0.05) is 17.5 Å². The summed E-state index contributed by atoms with van der Waals surface area (Å²) in [4.78, 5) is 14.9. The molecule has 0 unspecified atom stereocenters. The standard InChI is InChI=1S/C11H11N3O/c1-8-5-9(2)14(13-8)11-6-12-4-3-10(11)7-15/h3-7H,1-2H3. The van der Waals surface area contributed by atoms with Crippen LogP contribution >= 0.6 is 0 Å². The monoisotopic (exact) mass is 201 g/mol. The van der Waals surface area contributed by atoms with E-state index in [2.05, 4.69) is 10.1 Å². The maximum atomic E-state index is 10.8. The highest BCUT2D eigenvalue weighted by Crippen LogP contribution is 2.13. The normalized spacial score (nSPS) is 10.3. The van der Waals surface area contributed by atoms with Crippen molar-refractivity contribution in [2.45, 2.75) is 13.8 Å². The molecule has 0 atom stereocenters. The molecule has 0 radical (unpaired) electrons. The van der Waals surface area contributed by atoms with Crippen LogP contribution in [0, 0.1) is 13.8 Å². The first-order valence-electron chi connectivity index (χ1n) is 4.65. The summed E-state index contributed by atoms with van der Waals surface area (Å²) in [6.45, 7) is 3.86. The summed E-state index contributed by atoms with van der Waals surface area (Å²) in [5, 5.41) is 4.31. The fourth-order valence-corrected chi connectivity index (χ4v) is 1.55. The average molecular weight is 201 g/mol. The van der Waals surface area contributed by atoms with Crippen molar-refractivity contribution in [1.29, 1.82) is 0 Å². The third kappa shape index (κ3) is 1.66. The van der Waals surface area contributed by atoms with Gasteiger partial charge in [0.15, 0.2) is 6.29 Å². The van der Waals surface area contributed by atoms with Gasteiger partial charge in [0.2, 0.25) is 0 Å². The molecule has 2 aromatic rings. The smallest absolute Gasteiger partial charge is 0.152 e. The number of carbonyl (C=O) groups is 1. The number of aromatic nitrogens is 3. The maximum Gasteiger partial charge on any atom is 0.152 e.